The van der Waals surface area contributed by atoms with Gasteiger partial charge in [0, 0.05) is 18.1 Å². The van der Waals surface area contributed by atoms with Gasteiger partial charge in [-0.1, -0.05) is 6.07 Å². The first-order valence-corrected chi connectivity index (χ1v) is 7.24. The lowest BCUT2D eigenvalue weighted by Gasteiger charge is -2.23. The van der Waals surface area contributed by atoms with Gasteiger partial charge in [0.25, 0.3) is 0 Å². The van der Waals surface area contributed by atoms with E-state index in [0.29, 0.717) is 5.92 Å². The Kier molecular flexibility index (Phi) is 4.02. The standard InChI is InChI=1S/C16H21N3O/c1-20-14-5-4-13-6-8-18-16(15(13)9-14)19-11-12-3-2-7-17-10-12/h4-6,8-9,12,17H,2-3,7,10-11H2,1H3,(H,18,19). The largest absolute Gasteiger partial charge is 0.497 e. The molecule has 1 saturated heterocycles. The van der Waals surface area contributed by atoms with Crippen LogP contribution in [0.5, 0.6) is 5.75 Å². The van der Waals surface area contributed by atoms with Crippen molar-refractivity contribution in [2.24, 2.45) is 5.92 Å². The van der Waals surface area contributed by atoms with Gasteiger partial charge in [-0.2, -0.15) is 0 Å². The number of pyridine rings is 1. The van der Waals surface area contributed by atoms with E-state index in [1.165, 1.54) is 18.2 Å². The predicted octanol–water partition coefficient (Wildman–Crippen LogP) is 2.65. The van der Waals surface area contributed by atoms with Crippen molar-refractivity contribution in [1.29, 1.82) is 0 Å². The van der Waals surface area contributed by atoms with E-state index in [4.69, 9.17) is 4.74 Å². The summed E-state index contributed by atoms with van der Waals surface area (Å²) < 4.78 is 5.31. The molecule has 0 bridgehead atoms. The van der Waals surface area contributed by atoms with Gasteiger partial charge in [0.1, 0.15) is 11.6 Å². The highest BCUT2D eigenvalue weighted by Gasteiger charge is 2.13. The Labute approximate surface area is 119 Å². The molecule has 106 valence electrons. The highest BCUT2D eigenvalue weighted by atomic mass is 16.5. The van der Waals surface area contributed by atoms with E-state index < -0.39 is 0 Å². The van der Waals surface area contributed by atoms with E-state index in [0.717, 1.165) is 36.6 Å². The molecule has 2 aromatic rings. The van der Waals surface area contributed by atoms with Gasteiger partial charge in [-0.3, -0.25) is 0 Å². The SMILES string of the molecule is COc1ccc2ccnc(NCC3CCCNC3)c2c1. The summed E-state index contributed by atoms with van der Waals surface area (Å²) in [5.41, 5.74) is 0. The average molecular weight is 271 g/mol. The van der Waals surface area contributed by atoms with Gasteiger partial charge in [-0.15, -0.1) is 0 Å². The molecule has 4 nitrogen and oxygen atoms in total. The third-order valence-electron chi connectivity index (χ3n) is 3.93. The number of anilines is 1. The summed E-state index contributed by atoms with van der Waals surface area (Å²) in [7, 11) is 1.69. The minimum Gasteiger partial charge on any atom is -0.497 e. The van der Waals surface area contributed by atoms with E-state index >= 15 is 0 Å². The number of benzene rings is 1. The van der Waals surface area contributed by atoms with Crippen LogP contribution in [0.25, 0.3) is 10.8 Å². The molecule has 20 heavy (non-hydrogen) atoms. The summed E-state index contributed by atoms with van der Waals surface area (Å²) in [6, 6.07) is 8.13. The Morgan fingerprint density at radius 3 is 3.15 bits per heavy atom. The predicted molar refractivity (Wildman–Crippen MR) is 82.4 cm³/mol. The molecule has 2 heterocycles. The molecule has 1 unspecified atom stereocenters. The lowest BCUT2D eigenvalue weighted by molar-refractivity contribution is 0.392. The molecule has 0 radical (unpaired) electrons. The van der Waals surface area contributed by atoms with Crippen LogP contribution < -0.4 is 15.4 Å². The van der Waals surface area contributed by atoms with Crippen molar-refractivity contribution in [2.75, 3.05) is 32.1 Å². The molecule has 1 aliphatic rings. The zero-order chi connectivity index (χ0) is 13.8. The maximum Gasteiger partial charge on any atom is 0.133 e. The van der Waals surface area contributed by atoms with Crippen LogP contribution in [0, 0.1) is 5.92 Å². The maximum atomic E-state index is 5.31. The van der Waals surface area contributed by atoms with Crippen molar-refractivity contribution in [3.05, 3.63) is 30.5 Å². The second-order valence-corrected chi connectivity index (χ2v) is 5.34. The van der Waals surface area contributed by atoms with Crippen LogP contribution in [0.3, 0.4) is 0 Å². The second kappa shape index (κ2) is 6.09. The van der Waals surface area contributed by atoms with Crippen LogP contribution in [0.1, 0.15) is 12.8 Å². The number of methoxy groups -OCH3 is 1. The fourth-order valence-corrected chi connectivity index (χ4v) is 2.75. The molecule has 1 atom stereocenters. The zero-order valence-corrected chi connectivity index (χ0v) is 11.9. The number of hydrogen-bond donors (Lipinski definition) is 2. The monoisotopic (exact) mass is 271 g/mol. The molecule has 2 N–H and O–H groups in total. The quantitative estimate of drug-likeness (QED) is 0.897. The second-order valence-electron chi connectivity index (χ2n) is 5.34. The lowest BCUT2D eigenvalue weighted by Crippen LogP contribution is -2.33. The van der Waals surface area contributed by atoms with E-state index in [9.17, 15) is 0 Å². The van der Waals surface area contributed by atoms with E-state index in [1.807, 2.05) is 24.4 Å². The maximum absolute atomic E-state index is 5.31. The van der Waals surface area contributed by atoms with Crippen LogP contribution in [0.4, 0.5) is 5.82 Å². The van der Waals surface area contributed by atoms with Crippen molar-refractivity contribution in [1.82, 2.24) is 10.3 Å². The number of nitrogens with one attached hydrogen (secondary N) is 2. The van der Waals surface area contributed by atoms with Crippen molar-refractivity contribution < 1.29 is 4.74 Å². The molecule has 0 amide bonds. The Hall–Kier alpha value is -1.81. The Bertz CT molecular complexity index is 579. The van der Waals surface area contributed by atoms with Gasteiger partial charge in [0.2, 0.25) is 0 Å². The number of piperidine rings is 1. The smallest absolute Gasteiger partial charge is 0.133 e. The molecule has 1 fully saturated rings. The third kappa shape index (κ3) is 2.85. The summed E-state index contributed by atoms with van der Waals surface area (Å²) in [4.78, 5) is 4.48. The molecule has 1 aromatic carbocycles. The minimum absolute atomic E-state index is 0.686. The Balaban J connectivity index is 1.79. The van der Waals surface area contributed by atoms with Crippen molar-refractivity contribution >= 4 is 16.6 Å². The summed E-state index contributed by atoms with van der Waals surface area (Å²) in [5.74, 6) is 2.51. The van der Waals surface area contributed by atoms with Crippen LogP contribution in [0.2, 0.25) is 0 Å². The lowest BCUT2D eigenvalue weighted by atomic mass is 10.00. The van der Waals surface area contributed by atoms with Crippen molar-refractivity contribution in [3.63, 3.8) is 0 Å². The molecule has 1 aliphatic heterocycles. The molecule has 4 heteroatoms. The summed E-state index contributed by atoms with van der Waals surface area (Å²) in [5, 5.41) is 9.25. The Morgan fingerprint density at radius 2 is 2.35 bits per heavy atom. The topological polar surface area (TPSA) is 46.2 Å². The summed E-state index contributed by atoms with van der Waals surface area (Å²) in [6.07, 6.45) is 4.41. The van der Waals surface area contributed by atoms with E-state index in [2.05, 4.69) is 21.7 Å². The number of aromatic nitrogens is 1. The normalized spacial score (nSPS) is 18.9. The van der Waals surface area contributed by atoms with Crippen molar-refractivity contribution in [2.45, 2.75) is 12.8 Å². The van der Waals surface area contributed by atoms with Crippen LogP contribution >= 0.6 is 0 Å². The number of rotatable bonds is 4. The first-order valence-electron chi connectivity index (χ1n) is 7.24. The summed E-state index contributed by atoms with van der Waals surface area (Å²) in [6.45, 7) is 3.22. The first-order chi connectivity index (χ1) is 9.86. The van der Waals surface area contributed by atoms with Crippen LogP contribution in [-0.2, 0) is 0 Å². The third-order valence-corrected chi connectivity index (χ3v) is 3.93. The van der Waals surface area contributed by atoms with Gasteiger partial charge in [0.15, 0.2) is 0 Å². The number of hydrogen-bond acceptors (Lipinski definition) is 4. The Morgan fingerprint density at radius 1 is 1.40 bits per heavy atom. The fraction of sp³-hybridized carbons (Fsp3) is 0.438. The fourth-order valence-electron chi connectivity index (χ4n) is 2.75. The first kappa shape index (κ1) is 13.2. The van der Waals surface area contributed by atoms with E-state index in [1.54, 1.807) is 7.11 Å². The van der Waals surface area contributed by atoms with Crippen LogP contribution in [-0.4, -0.2) is 31.7 Å². The molecular weight excluding hydrogens is 250 g/mol. The number of fused-ring (bicyclic) bond motifs is 1. The molecule has 0 aliphatic carbocycles. The van der Waals surface area contributed by atoms with Gasteiger partial charge in [0.05, 0.1) is 7.11 Å². The molecule has 0 spiro atoms. The highest BCUT2D eigenvalue weighted by Crippen LogP contribution is 2.26. The van der Waals surface area contributed by atoms with Crippen LogP contribution in [0.15, 0.2) is 30.5 Å². The molecule has 3 rings (SSSR count). The highest BCUT2D eigenvalue weighted by molar-refractivity contribution is 5.92. The van der Waals surface area contributed by atoms with Gasteiger partial charge in [-0.25, -0.2) is 4.98 Å². The zero-order valence-electron chi connectivity index (χ0n) is 11.9. The average Bonchev–Trinajstić information content (AvgIpc) is 2.53. The van der Waals surface area contributed by atoms with Crippen molar-refractivity contribution in [3.8, 4) is 5.75 Å². The molecule has 1 aromatic heterocycles. The van der Waals surface area contributed by atoms with Gasteiger partial charge in [-0.05, 0) is 55.4 Å². The van der Waals surface area contributed by atoms with E-state index in [-0.39, 0.29) is 0 Å². The molecular formula is C16H21N3O. The number of ether oxygens (including phenoxy) is 1. The minimum atomic E-state index is 0.686. The van der Waals surface area contributed by atoms with Gasteiger partial charge < -0.3 is 15.4 Å². The molecule has 0 saturated carbocycles. The van der Waals surface area contributed by atoms with Gasteiger partial charge >= 0.3 is 0 Å². The summed E-state index contributed by atoms with van der Waals surface area (Å²) >= 11 is 0. The number of nitrogens with zero attached hydrogens (tertiary/aromatic N) is 1.